The number of rotatable bonds is 3. The van der Waals surface area contributed by atoms with Gasteiger partial charge in [-0.25, -0.2) is 0 Å². The minimum atomic E-state index is -0.0992. The van der Waals surface area contributed by atoms with Gasteiger partial charge < -0.3 is 15.4 Å². The molecule has 6 heteroatoms. The van der Waals surface area contributed by atoms with E-state index in [1.165, 1.54) is 0 Å². The third-order valence-corrected chi connectivity index (χ3v) is 3.85. The smallest absolute Gasteiger partial charge is 0.227 e. The van der Waals surface area contributed by atoms with Crippen LogP contribution >= 0.6 is 0 Å². The molecule has 1 saturated heterocycles. The Labute approximate surface area is 129 Å². The summed E-state index contributed by atoms with van der Waals surface area (Å²) in [5.41, 5.74) is 8.36. The number of nitrogen functional groups attached to an aromatic ring is 1. The summed E-state index contributed by atoms with van der Waals surface area (Å²) in [5, 5.41) is 4.16. The van der Waals surface area contributed by atoms with E-state index in [2.05, 4.69) is 5.10 Å². The van der Waals surface area contributed by atoms with Crippen LogP contribution in [-0.2, 0) is 23.0 Å². The van der Waals surface area contributed by atoms with Crippen LogP contribution in [-0.4, -0.2) is 40.3 Å². The van der Waals surface area contributed by atoms with Crippen LogP contribution in [0, 0.1) is 0 Å². The van der Waals surface area contributed by atoms with Crippen molar-refractivity contribution in [1.29, 1.82) is 0 Å². The number of ether oxygens (including phenoxy) is 1. The summed E-state index contributed by atoms with van der Waals surface area (Å²) in [6.45, 7) is 1.75. The normalized spacial score (nSPS) is 18.4. The minimum absolute atomic E-state index is 0.0992. The number of amides is 1. The second kappa shape index (κ2) is 6.19. The molecule has 116 valence electrons. The van der Waals surface area contributed by atoms with Crippen molar-refractivity contribution in [3.63, 3.8) is 0 Å². The summed E-state index contributed by atoms with van der Waals surface area (Å²) < 4.78 is 7.50. The molecule has 3 rings (SSSR count). The van der Waals surface area contributed by atoms with E-state index in [0.29, 0.717) is 31.8 Å². The molecule has 1 unspecified atom stereocenters. The molecular formula is C16H20N4O2. The molecule has 6 nitrogen and oxygen atoms in total. The predicted molar refractivity (Wildman–Crippen MR) is 83.0 cm³/mol. The van der Waals surface area contributed by atoms with E-state index in [-0.39, 0.29) is 12.0 Å². The number of morpholine rings is 1. The first-order valence-corrected chi connectivity index (χ1v) is 7.34. The Morgan fingerprint density at radius 2 is 2.18 bits per heavy atom. The van der Waals surface area contributed by atoms with E-state index in [4.69, 9.17) is 10.5 Å². The summed E-state index contributed by atoms with van der Waals surface area (Å²) in [5.74, 6) is 0.113. The summed E-state index contributed by atoms with van der Waals surface area (Å²) in [4.78, 5) is 14.3. The van der Waals surface area contributed by atoms with Crippen LogP contribution in [0.15, 0.2) is 36.7 Å². The lowest BCUT2D eigenvalue weighted by molar-refractivity contribution is -0.138. The van der Waals surface area contributed by atoms with Gasteiger partial charge in [-0.1, -0.05) is 12.1 Å². The van der Waals surface area contributed by atoms with Gasteiger partial charge in [0.2, 0.25) is 5.91 Å². The van der Waals surface area contributed by atoms with Crippen molar-refractivity contribution < 1.29 is 9.53 Å². The molecular weight excluding hydrogens is 280 g/mol. The molecule has 0 radical (unpaired) electrons. The number of carbonyl (C=O) groups is 1. The molecule has 0 bridgehead atoms. The highest BCUT2D eigenvalue weighted by atomic mass is 16.5. The fourth-order valence-corrected chi connectivity index (χ4v) is 2.61. The molecule has 1 amide bonds. The number of nitrogens with zero attached hydrogens (tertiary/aromatic N) is 3. The number of hydrogen-bond donors (Lipinski definition) is 1. The Morgan fingerprint density at radius 3 is 2.86 bits per heavy atom. The van der Waals surface area contributed by atoms with Crippen LogP contribution < -0.4 is 5.73 Å². The summed E-state index contributed by atoms with van der Waals surface area (Å²) >= 11 is 0. The van der Waals surface area contributed by atoms with Crippen molar-refractivity contribution in [1.82, 2.24) is 14.7 Å². The van der Waals surface area contributed by atoms with Crippen LogP contribution in [0.2, 0.25) is 0 Å². The van der Waals surface area contributed by atoms with Crippen LogP contribution in [0.25, 0.3) is 0 Å². The van der Waals surface area contributed by atoms with Gasteiger partial charge in [0.25, 0.3) is 0 Å². The van der Waals surface area contributed by atoms with Gasteiger partial charge >= 0.3 is 0 Å². The molecule has 2 N–H and O–H groups in total. The number of benzene rings is 1. The first kappa shape index (κ1) is 14.6. The number of carbonyl (C=O) groups excluding carboxylic acids is 1. The first-order chi connectivity index (χ1) is 10.6. The fourth-order valence-electron chi connectivity index (χ4n) is 2.61. The van der Waals surface area contributed by atoms with Gasteiger partial charge in [0, 0.05) is 31.0 Å². The van der Waals surface area contributed by atoms with Gasteiger partial charge in [-0.15, -0.1) is 0 Å². The molecule has 1 atom stereocenters. The minimum Gasteiger partial charge on any atom is -0.399 e. The summed E-state index contributed by atoms with van der Waals surface area (Å²) in [6, 6.07) is 7.43. The van der Waals surface area contributed by atoms with E-state index >= 15 is 0 Å². The number of aryl methyl sites for hydroxylation is 1. The van der Waals surface area contributed by atoms with Crippen molar-refractivity contribution in [3.05, 3.63) is 47.8 Å². The van der Waals surface area contributed by atoms with E-state index < -0.39 is 0 Å². The monoisotopic (exact) mass is 300 g/mol. The average Bonchev–Trinajstić information content (AvgIpc) is 2.96. The molecule has 1 fully saturated rings. The van der Waals surface area contributed by atoms with Gasteiger partial charge in [-0.3, -0.25) is 9.48 Å². The molecule has 1 aromatic carbocycles. The Kier molecular flexibility index (Phi) is 4.11. The van der Waals surface area contributed by atoms with Crippen molar-refractivity contribution in [2.75, 3.05) is 25.4 Å². The molecule has 22 heavy (non-hydrogen) atoms. The van der Waals surface area contributed by atoms with Gasteiger partial charge in [0.15, 0.2) is 0 Å². The lowest BCUT2D eigenvalue weighted by Gasteiger charge is -2.32. The zero-order valence-electron chi connectivity index (χ0n) is 12.6. The van der Waals surface area contributed by atoms with Crippen molar-refractivity contribution in [3.8, 4) is 0 Å². The molecule has 1 aliphatic rings. The van der Waals surface area contributed by atoms with Crippen LogP contribution in [0.5, 0.6) is 0 Å². The highest BCUT2D eigenvalue weighted by Gasteiger charge is 2.26. The van der Waals surface area contributed by atoms with Gasteiger partial charge in [-0.2, -0.15) is 5.10 Å². The number of aromatic nitrogens is 2. The molecule has 0 spiro atoms. The van der Waals surface area contributed by atoms with E-state index in [1.54, 1.807) is 10.9 Å². The lowest BCUT2D eigenvalue weighted by Crippen LogP contribution is -2.42. The van der Waals surface area contributed by atoms with E-state index in [9.17, 15) is 4.79 Å². The zero-order valence-corrected chi connectivity index (χ0v) is 12.6. The fraction of sp³-hybridized carbons (Fsp3) is 0.375. The Bertz CT molecular complexity index is 650. The molecule has 2 heterocycles. The Morgan fingerprint density at radius 1 is 1.41 bits per heavy atom. The lowest BCUT2D eigenvalue weighted by atomic mass is 10.1. The SMILES string of the molecule is Cn1cc(C2CN(C(=O)Cc3ccc(N)cc3)CCO2)cn1. The van der Waals surface area contributed by atoms with Crippen molar-refractivity contribution in [2.45, 2.75) is 12.5 Å². The first-order valence-electron chi connectivity index (χ1n) is 7.34. The standard InChI is InChI=1S/C16H20N4O2/c1-19-10-13(9-18-19)15-11-20(6-7-22-15)16(21)8-12-2-4-14(17)5-3-12/h2-5,9-10,15H,6-8,11,17H2,1H3. The quantitative estimate of drug-likeness (QED) is 0.863. The van der Waals surface area contributed by atoms with Gasteiger partial charge in [0.1, 0.15) is 6.10 Å². The third kappa shape index (κ3) is 3.28. The maximum Gasteiger partial charge on any atom is 0.227 e. The Balaban J connectivity index is 1.63. The maximum atomic E-state index is 12.5. The molecule has 1 aromatic heterocycles. The summed E-state index contributed by atoms with van der Waals surface area (Å²) in [6.07, 6.45) is 4.01. The predicted octanol–water partition coefficient (Wildman–Crippen LogP) is 1.14. The van der Waals surface area contributed by atoms with Crippen molar-refractivity contribution >= 4 is 11.6 Å². The van der Waals surface area contributed by atoms with Crippen molar-refractivity contribution in [2.24, 2.45) is 7.05 Å². The molecule has 0 aliphatic carbocycles. The Hall–Kier alpha value is -2.34. The van der Waals surface area contributed by atoms with Gasteiger partial charge in [-0.05, 0) is 17.7 Å². The van der Waals surface area contributed by atoms with Gasteiger partial charge in [0.05, 0.1) is 25.8 Å². The second-order valence-electron chi connectivity index (χ2n) is 5.56. The molecule has 1 aliphatic heterocycles. The van der Waals surface area contributed by atoms with E-state index in [0.717, 1.165) is 11.1 Å². The number of anilines is 1. The largest absolute Gasteiger partial charge is 0.399 e. The van der Waals surface area contributed by atoms with Crippen LogP contribution in [0.1, 0.15) is 17.2 Å². The highest BCUT2D eigenvalue weighted by Crippen LogP contribution is 2.22. The molecule has 2 aromatic rings. The van der Waals surface area contributed by atoms with Crippen LogP contribution in [0.3, 0.4) is 0 Å². The summed E-state index contributed by atoms with van der Waals surface area (Å²) in [7, 11) is 1.87. The van der Waals surface area contributed by atoms with Crippen LogP contribution in [0.4, 0.5) is 5.69 Å². The average molecular weight is 300 g/mol. The zero-order chi connectivity index (χ0) is 15.5. The number of hydrogen-bond acceptors (Lipinski definition) is 4. The topological polar surface area (TPSA) is 73.4 Å². The second-order valence-corrected chi connectivity index (χ2v) is 5.56. The maximum absolute atomic E-state index is 12.5. The number of nitrogens with two attached hydrogens (primary N) is 1. The highest BCUT2D eigenvalue weighted by molar-refractivity contribution is 5.79. The van der Waals surface area contributed by atoms with E-state index in [1.807, 2.05) is 42.4 Å². The third-order valence-electron chi connectivity index (χ3n) is 3.85. The molecule has 0 saturated carbocycles.